The van der Waals surface area contributed by atoms with Gasteiger partial charge in [0.25, 0.3) is 0 Å². The fourth-order valence-corrected chi connectivity index (χ4v) is 2.35. The van der Waals surface area contributed by atoms with Crippen LogP contribution in [0.4, 0.5) is 0 Å². The molecule has 0 atom stereocenters. The highest BCUT2D eigenvalue weighted by atomic mass is 79.9. The second-order valence-electron chi connectivity index (χ2n) is 4.21. The Labute approximate surface area is 110 Å². The van der Waals surface area contributed by atoms with Crippen LogP contribution in [0.2, 0.25) is 0 Å². The van der Waals surface area contributed by atoms with E-state index >= 15 is 0 Å². The van der Waals surface area contributed by atoms with Crippen LogP contribution in [0.1, 0.15) is 28.3 Å². The van der Waals surface area contributed by atoms with Crippen molar-refractivity contribution in [1.29, 1.82) is 0 Å². The Morgan fingerprint density at radius 1 is 1.35 bits per heavy atom. The molecule has 0 aliphatic heterocycles. The van der Waals surface area contributed by atoms with Crippen molar-refractivity contribution in [2.45, 2.75) is 26.8 Å². The lowest BCUT2D eigenvalue weighted by molar-refractivity contribution is 0.934. The lowest BCUT2D eigenvalue weighted by Gasteiger charge is -2.05. The molecule has 0 saturated carbocycles. The SMILES string of the molecule is Cc1cc(Br)ccc1Cc1nc(CN)[nH]c1C. The summed E-state index contributed by atoms with van der Waals surface area (Å²) in [6, 6.07) is 6.32. The van der Waals surface area contributed by atoms with E-state index in [1.807, 2.05) is 6.92 Å². The highest BCUT2D eigenvalue weighted by Gasteiger charge is 2.08. The third-order valence-corrected chi connectivity index (χ3v) is 3.38. The van der Waals surface area contributed by atoms with Crippen LogP contribution in [0.25, 0.3) is 0 Å². The summed E-state index contributed by atoms with van der Waals surface area (Å²) in [5.41, 5.74) is 10.3. The molecule has 0 fully saturated rings. The first kappa shape index (κ1) is 12.3. The van der Waals surface area contributed by atoms with Gasteiger partial charge in [-0.25, -0.2) is 4.98 Å². The van der Waals surface area contributed by atoms with Crippen LogP contribution in [0.15, 0.2) is 22.7 Å². The summed E-state index contributed by atoms with van der Waals surface area (Å²) in [7, 11) is 0. The number of nitrogens with two attached hydrogens (primary N) is 1. The minimum atomic E-state index is 0.458. The maximum atomic E-state index is 5.58. The molecule has 0 saturated heterocycles. The molecule has 0 radical (unpaired) electrons. The van der Waals surface area contributed by atoms with E-state index in [0.717, 1.165) is 28.1 Å². The van der Waals surface area contributed by atoms with Crippen LogP contribution >= 0.6 is 15.9 Å². The molecule has 17 heavy (non-hydrogen) atoms. The molecule has 4 heteroatoms. The molecule has 3 N–H and O–H groups in total. The Morgan fingerprint density at radius 3 is 2.71 bits per heavy atom. The number of aryl methyl sites for hydroxylation is 2. The highest BCUT2D eigenvalue weighted by molar-refractivity contribution is 9.10. The van der Waals surface area contributed by atoms with E-state index in [1.165, 1.54) is 11.1 Å². The topological polar surface area (TPSA) is 54.7 Å². The maximum absolute atomic E-state index is 5.58. The first-order valence-electron chi connectivity index (χ1n) is 5.59. The molecular formula is C13H16BrN3. The first-order chi connectivity index (χ1) is 8.10. The number of halogens is 1. The van der Waals surface area contributed by atoms with Crippen molar-refractivity contribution in [1.82, 2.24) is 9.97 Å². The lowest BCUT2D eigenvalue weighted by atomic mass is 10.0. The van der Waals surface area contributed by atoms with Gasteiger partial charge in [0, 0.05) is 16.6 Å². The van der Waals surface area contributed by atoms with Gasteiger partial charge in [0.05, 0.1) is 12.2 Å². The molecule has 0 bridgehead atoms. The second kappa shape index (κ2) is 5.02. The van der Waals surface area contributed by atoms with Crippen LogP contribution in [0, 0.1) is 13.8 Å². The number of rotatable bonds is 3. The van der Waals surface area contributed by atoms with Gasteiger partial charge in [0.1, 0.15) is 5.82 Å². The molecule has 0 unspecified atom stereocenters. The minimum absolute atomic E-state index is 0.458. The van der Waals surface area contributed by atoms with Crippen LogP contribution in [-0.4, -0.2) is 9.97 Å². The van der Waals surface area contributed by atoms with Gasteiger partial charge in [-0.05, 0) is 37.1 Å². The van der Waals surface area contributed by atoms with Crippen LogP contribution in [0.3, 0.4) is 0 Å². The monoisotopic (exact) mass is 293 g/mol. The van der Waals surface area contributed by atoms with Gasteiger partial charge in [-0.15, -0.1) is 0 Å². The predicted molar refractivity (Wildman–Crippen MR) is 72.9 cm³/mol. The number of benzene rings is 1. The van der Waals surface area contributed by atoms with Gasteiger partial charge in [-0.1, -0.05) is 22.0 Å². The van der Waals surface area contributed by atoms with Gasteiger partial charge in [-0.3, -0.25) is 0 Å². The van der Waals surface area contributed by atoms with Crippen molar-refractivity contribution in [3.63, 3.8) is 0 Å². The molecular weight excluding hydrogens is 278 g/mol. The summed E-state index contributed by atoms with van der Waals surface area (Å²) in [5, 5.41) is 0. The molecule has 0 spiro atoms. The van der Waals surface area contributed by atoms with Gasteiger partial charge in [0.15, 0.2) is 0 Å². The predicted octanol–water partition coefficient (Wildman–Crippen LogP) is 2.84. The smallest absolute Gasteiger partial charge is 0.120 e. The first-order valence-corrected chi connectivity index (χ1v) is 6.39. The standard InChI is InChI=1S/C13H16BrN3/c1-8-5-11(14)4-3-10(8)6-12-9(2)16-13(7-15)17-12/h3-5H,6-7,15H2,1-2H3,(H,16,17). The summed E-state index contributed by atoms with van der Waals surface area (Å²) in [5.74, 6) is 0.854. The molecule has 3 nitrogen and oxygen atoms in total. The van der Waals surface area contributed by atoms with Gasteiger partial charge in [0.2, 0.25) is 0 Å². The molecule has 2 rings (SSSR count). The van der Waals surface area contributed by atoms with Crippen molar-refractivity contribution >= 4 is 15.9 Å². The summed E-state index contributed by atoms with van der Waals surface area (Å²) in [4.78, 5) is 7.69. The average Bonchev–Trinajstić information content (AvgIpc) is 2.64. The zero-order valence-corrected chi connectivity index (χ0v) is 11.6. The molecule has 0 aliphatic rings. The second-order valence-corrected chi connectivity index (χ2v) is 5.12. The van der Waals surface area contributed by atoms with Gasteiger partial charge < -0.3 is 10.7 Å². The van der Waals surface area contributed by atoms with Crippen molar-refractivity contribution < 1.29 is 0 Å². The van der Waals surface area contributed by atoms with E-state index in [0.29, 0.717) is 6.54 Å². The lowest BCUT2D eigenvalue weighted by Crippen LogP contribution is -1.98. The largest absolute Gasteiger partial charge is 0.345 e. The number of aromatic amines is 1. The Hall–Kier alpha value is -1.13. The van der Waals surface area contributed by atoms with Crippen molar-refractivity contribution in [2.24, 2.45) is 5.73 Å². The van der Waals surface area contributed by atoms with Gasteiger partial charge >= 0.3 is 0 Å². The zero-order chi connectivity index (χ0) is 12.4. The third-order valence-electron chi connectivity index (χ3n) is 2.89. The number of H-pyrrole nitrogens is 1. The number of aromatic nitrogens is 2. The Kier molecular flexibility index (Phi) is 3.64. The zero-order valence-electron chi connectivity index (χ0n) is 10.0. The van der Waals surface area contributed by atoms with E-state index in [-0.39, 0.29) is 0 Å². The molecule has 2 aromatic rings. The molecule has 90 valence electrons. The minimum Gasteiger partial charge on any atom is -0.345 e. The normalized spacial score (nSPS) is 10.8. The number of imidazole rings is 1. The quantitative estimate of drug-likeness (QED) is 0.914. The van der Waals surface area contributed by atoms with Crippen molar-refractivity contribution in [3.8, 4) is 0 Å². The van der Waals surface area contributed by atoms with Crippen molar-refractivity contribution in [3.05, 3.63) is 51.0 Å². The number of hydrogen-bond donors (Lipinski definition) is 2. The Morgan fingerprint density at radius 2 is 2.12 bits per heavy atom. The fraction of sp³-hybridized carbons (Fsp3) is 0.308. The number of hydrogen-bond acceptors (Lipinski definition) is 2. The van der Waals surface area contributed by atoms with E-state index in [2.05, 4.69) is 51.0 Å². The van der Waals surface area contributed by atoms with Crippen LogP contribution < -0.4 is 5.73 Å². The Bertz CT molecular complexity index is 531. The van der Waals surface area contributed by atoms with Crippen LogP contribution in [-0.2, 0) is 13.0 Å². The Balaban J connectivity index is 2.27. The summed E-state index contributed by atoms with van der Waals surface area (Å²) in [6.07, 6.45) is 0.849. The number of nitrogens with one attached hydrogen (secondary N) is 1. The van der Waals surface area contributed by atoms with E-state index in [1.54, 1.807) is 0 Å². The highest BCUT2D eigenvalue weighted by Crippen LogP contribution is 2.19. The molecule has 1 aromatic heterocycles. The number of nitrogens with zero attached hydrogens (tertiary/aromatic N) is 1. The van der Waals surface area contributed by atoms with Crippen molar-refractivity contribution in [2.75, 3.05) is 0 Å². The summed E-state index contributed by atoms with van der Waals surface area (Å²) >= 11 is 3.47. The van der Waals surface area contributed by atoms with E-state index in [9.17, 15) is 0 Å². The maximum Gasteiger partial charge on any atom is 0.120 e. The van der Waals surface area contributed by atoms with E-state index < -0.39 is 0 Å². The average molecular weight is 294 g/mol. The molecule has 0 amide bonds. The third kappa shape index (κ3) is 2.76. The molecule has 1 aromatic carbocycles. The fourth-order valence-electron chi connectivity index (χ4n) is 1.87. The molecule has 1 heterocycles. The summed E-state index contributed by atoms with van der Waals surface area (Å²) in [6.45, 7) is 4.61. The van der Waals surface area contributed by atoms with E-state index in [4.69, 9.17) is 5.73 Å². The van der Waals surface area contributed by atoms with Crippen LogP contribution in [0.5, 0.6) is 0 Å². The molecule has 0 aliphatic carbocycles. The summed E-state index contributed by atoms with van der Waals surface area (Å²) < 4.78 is 1.11. The van der Waals surface area contributed by atoms with Gasteiger partial charge in [-0.2, -0.15) is 0 Å².